The average Bonchev–Trinajstić information content (AvgIpc) is 3.09. The van der Waals surface area contributed by atoms with Gasteiger partial charge in [0.15, 0.2) is 0 Å². The van der Waals surface area contributed by atoms with Gasteiger partial charge < -0.3 is 5.73 Å². The zero-order valence-electron chi connectivity index (χ0n) is 14.9. The molecule has 0 saturated carbocycles. The van der Waals surface area contributed by atoms with E-state index in [1.807, 2.05) is 24.3 Å². The van der Waals surface area contributed by atoms with Crippen LogP contribution in [0.15, 0.2) is 54.6 Å². The van der Waals surface area contributed by atoms with Gasteiger partial charge in [0.25, 0.3) is 0 Å². The number of nitrogens with zero attached hydrogens (tertiary/aromatic N) is 2. The van der Waals surface area contributed by atoms with Gasteiger partial charge in [-0.2, -0.15) is 0 Å². The third-order valence-electron chi connectivity index (χ3n) is 5.04. The minimum absolute atomic E-state index is 0.369. The van der Waals surface area contributed by atoms with Crippen LogP contribution >= 0.6 is 0 Å². The van der Waals surface area contributed by atoms with Gasteiger partial charge in [0.1, 0.15) is 0 Å². The minimum atomic E-state index is -0.369. The molecule has 4 nitrogen and oxygen atoms in total. The normalized spacial score (nSPS) is 17.9. The van der Waals surface area contributed by atoms with Crippen molar-refractivity contribution in [3.63, 3.8) is 0 Å². The lowest BCUT2D eigenvalue weighted by Crippen LogP contribution is -2.36. The van der Waals surface area contributed by atoms with Crippen molar-refractivity contribution in [2.75, 3.05) is 19.6 Å². The summed E-state index contributed by atoms with van der Waals surface area (Å²) in [6, 6.07) is 18.9. The number of primary amides is 1. The first-order valence-electron chi connectivity index (χ1n) is 9.04. The molecular formula is C21H27N3O. The van der Waals surface area contributed by atoms with Gasteiger partial charge in [-0.25, -0.2) is 0 Å². The zero-order valence-corrected chi connectivity index (χ0v) is 14.9. The summed E-state index contributed by atoms with van der Waals surface area (Å²) in [7, 11) is 0. The molecule has 132 valence electrons. The Balaban J connectivity index is 1.57. The van der Waals surface area contributed by atoms with Crippen molar-refractivity contribution in [3.8, 4) is 0 Å². The Kier molecular flexibility index (Phi) is 5.84. The quantitative estimate of drug-likeness (QED) is 0.845. The van der Waals surface area contributed by atoms with Gasteiger partial charge in [-0.1, -0.05) is 49.4 Å². The lowest BCUT2D eigenvalue weighted by molar-refractivity contribution is 0.1000. The average molecular weight is 337 g/mol. The summed E-state index contributed by atoms with van der Waals surface area (Å²) in [4.78, 5) is 16.3. The second kappa shape index (κ2) is 8.28. The Labute approximate surface area is 150 Å². The number of carbonyl (C=O) groups excluding carboxylic acids is 1. The smallest absolute Gasteiger partial charge is 0.248 e. The summed E-state index contributed by atoms with van der Waals surface area (Å²) < 4.78 is 0. The monoisotopic (exact) mass is 337 g/mol. The first kappa shape index (κ1) is 17.6. The number of benzene rings is 2. The van der Waals surface area contributed by atoms with Crippen LogP contribution in [0.25, 0.3) is 0 Å². The Morgan fingerprint density at radius 1 is 1.12 bits per heavy atom. The van der Waals surface area contributed by atoms with E-state index in [9.17, 15) is 4.79 Å². The predicted molar refractivity (Wildman–Crippen MR) is 101 cm³/mol. The maximum absolute atomic E-state index is 11.2. The zero-order chi connectivity index (χ0) is 17.6. The third-order valence-corrected chi connectivity index (χ3v) is 5.04. The van der Waals surface area contributed by atoms with Crippen molar-refractivity contribution in [2.45, 2.75) is 32.5 Å². The topological polar surface area (TPSA) is 49.6 Å². The van der Waals surface area contributed by atoms with Crippen LogP contribution in [0.2, 0.25) is 0 Å². The molecule has 0 spiro atoms. The largest absolute Gasteiger partial charge is 0.366 e. The molecule has 1 amide bonds. The van der Waals surface area contributed by atoms with E-state index in [0.29, 0.717) is 11.6 Å². The summed E-state index contributed by atoms with van der Waals surface area (Å²) in [5.41, 5.74) is 8.50. The molecule has 3 rings (SSSR count). The molecule has 25 heavy (non-hydrogen) atoms. The molecule has 1 aliphatic rings. The van der Waals surface area contributed by atoms with Crippen LogP contribution in [0.4, 0.5) is 0 Å². The van der Waals surface area contributed by atoms with E-state index in [-0.39, 0.29) is 5.91 Å². The third kappa shape index (κ3) is 4.68. The number of rotatable bonds is 7. The van der Waals surface area contributed by atoms with Crippen molar-refractivity contribution < 1.29 is 4.79 Å². The molecule has 4 heteroatoms. The number of hydrogen-bond donors (Lipinski definition) is 1. The highest BCUT2D eigenvalue weighted by Crippen LogP contribution is 2.20. The predicted octanol–water partition coefficient (Wildman–Crippen LogP) is 2.88. The highest BCUT2D eigenvalue weighted by Gasteiger charge is 2.26. The molecule has 0 radical (unpaired) electrons. The van der Waals surface area contributed by atoms with Crippen LogP contribution in [0, 0.1) is 0 Å². The van der Waals surface area contributed by atoms with Crippen molar-refractivity contribution in [2.24, 2.45) is 5.73 Å². The maximum atomic E-state index is 11.2. The van der Waals surface area contributed by atoms with Gasteiger partial charge in [0.05, 0.1) is 0 Å². The molecule has 1 heterocycles. The van der Waals surface area contributed by atoms with Crippen LogP contribution in [0.1, 0.15) is 34.8 Å². The maximum Gasteiger partial charge on any atom is 0.248 e. The first-order chi connectivity index (χ1) is 12.2. The van der Waals surface area contributed by atoms with Gasteiger partial charge in [-0.3, -0.25) is 14.6 Å². The standard InChI is InChI=1S/C21H27N3O/c1-2-24(15-18-8-10-19(11-9-18)21(22)25)20-12-13-23(16-20)14-17-6-4-3-5-7-17/h3-11,20H,2,12-16H2,1H3,(H2,22,25)/t20-/m0/s1. The summed E-state index contributed by atoms with van der Waals surface area (Å²) in [5, 5.41) is 0. The van der Waals surface area contributed by atoms with Crippen LogP contribution in [-0.2, 0) is 13.1 Å². The minimum Gasteiger partial charge on any atom is -0.366 e. The summed E-state index contributed by atoms with van der Waals surface area (Å²) in [6.45, 7) is 7.46. The van der Waals surface area contributed by atoms with Crippen LogP contribution in [-0.4, -0.2) is 41.4 Å². The molecule has 0 unspecified atom stereocenters. The van der Waals surface area contributed by atoms with E-state index >= 15 is 0 Å². The van der Waals surface area contributed by atoms with E-state index in [1.54, 1.807) is 0 Å². The van der Waals surface area contributed by atoms with Crippen LogP contribution in [0.5, 0.6) is 0 Å². The summed E-state index contributed by atoms with van der Waals surface area (Å²) in [6.07, 6.45) is 1.21. The summed E-state index contributed by atoms with van der Waals surface area (Å²) >= 11 is 0. The van der Waals surface area contributed by atoms with Crippen molar-refractivity contribution >= 4 is 5.91 Å². The molecular weight excluding hydrogens is 310 g/mol. The number of nitrogens with two attached hydrogens (primary N) is 1. The molecule has 0 aliphatic carbocycles. The molecule has 1 atom stereocenters. The second-order valence-corrected chi connectivity index (χ2v) is 6.79. The molecule has 1 aliphatic heterocycles. The fourth-order valence-corrected chi connectivity index (χ4v) is 3.60. The lowest BCUT2D eigenvalue weighted by Gasteiger charge is -2.28. The van der Waals surface area contributed by atoms with Crippen LogP contribution < -0.4 is 5.73 Å². The van der Waals surface area contributed by atoms with Gasteiger partial charge in [-0.05, 0) is 36.2 Å². The SMILES string of the molecule is CCN(Cc1ccc(C(N)=O)cc1)[C@H]1CCN(Cc2ccccc2)C1. The second-order valence-electron chi connectivity index (χ2n) is 6.79. The van der Waals surface area contributed by atoms with Crippen molar-refractivity contribution in [1.82, 2.24) is 9.80 Å². The first-order valence-corrected chi connectivity index (χ1v) is 9.04. The number of likely N-dealkylation sites (N-methyl/N-ethyl adjacent to an activating group) is 1. The highest BCUT2D eigenvalue weighted by atomic mass is 16.1. The summed E-state index contributed by atoms with van der Waals surface area (Å²) in [5.74, 6) is -0.369. The number of amides is 1. The Hall–Kier alpha value is -2.17. The molecule has 1 saturated heterocycles. The van der Waals surface area contributed by atoms with Gasteiger partial charge in [0, 0.05) is 37.8 Å². The lowest BCUT2D eigenvalue weighted by atomic mass is 10.1. The molecule has 2 aromatic carbocycles. The van der Waals surface area contributed by atoms with E-state index in [2.05, 4.69) is 47.1 Å². The van der Waals surface area contributed by atoms with Gasteiger partial charge >= 0.3 is 0 Å². The molecule has 0 bridgehead atoms. The molecule has 0 aromatic heterocycles. The number of carbonyl (C=O) groups is 1. The van der Waals surface area contributed by atoms with E-state index < -0.39 is 0 Å². The van der Waals surface area contributed by atoms with Crippen molar-refractivity contribution in [1.29, 1.82) is 0 Å². The van der Waals surface area contributed by atoms with Crippen LogP contribution in [0.3, 0.4) is 0 Å². The Morgan fingerprint density at radius 2 is 1.84 bits per heavy atom. The Bertz CT molecular complexity index is 684. The molecule has 2 aromatic rings. The molecule has 2 N–H and O–H groups in total. The number of hydrogen-bond acceptors (Lipinski definition) is 3. The van der Waals surface area contributed by atoms with Crippen molar-refractivity contribution in [3.05, 3.63) is 71.3 Å². The van der Waals surface area contributed by atoms with E-state index in [1.165, 1.54) is 17.5 Å². The number of likely N-dealkylation sites (tertiary alicyclic amines) is 1. The Morgan fingerprint density at radius 3 is 2.48 bits per heavy atom. The van der Waals surface area contributed by atoms with E-state index in [4.69, 9.17) is 5.73 Å². The highest BCUT2D eigenvalue weighted by molar-refractivity contribution is 5.92. The van der Waals surface area contributed by atoms with Gasteiger partial charge in [-0.15, -0.1) is 0 Å². The molecule has 1 fully saturated rings. The fourth-order valence-electron chi connectivity index (χ4n) is 3.60. The van der Waals surface area contributed by atoms with E-state index in [0.717, 1.165) is 32.7 Å². The fraction of sp³-hybridized carbons (Fsp3) is 0.381. The van der Waals surface area contributed by atoms with Gasteiger partial charge in [0.2, 0.25) is 5.91 Å².